The van der Waals surface area contributed by atoms with Crippen LogP contribution >= 0.6 is 31.9 Å². The van der Waals surface area contributed by atoms with Crippen molar-refractivity contribution in [1.82, 2.24) is 0 Å². The molecule has 138 valence electrons. The number of carbonyl (C=O) groups excluding carboxylic acids is 3. The molecule has 0 aliphatic heterocycles. The average Bonchev–Trinajstić information content (AvgIpc) is 2.69. The van der Waals surface area contributed by atoms with Gasteiger partial charge < -0.3 is 11.1 Å². The Morgan fingerprint density at radius 2 is 1.39 bits per heavy atom. The molecule has 1 aliphatic carbocycles. The molecule has 1 aliphatic rings. The molecule has 3 aromatic rings. The number of nitrogens with one attached hydrogen (secondary N) is 1. The summed E-state index contributed by atoms with van der Waals surface area (Å²) in [6.07, 6.45) is 0. The molecule has 4 rings (SSSR count). The fourth-order valence-electron chi connectivity index (χ4n) is 3.18. The van der Waals surface area contributed by atoms with Crippen LogP contribution in [0.5, 0.6) is 0 Å². The molecular weight excluding hydrogens is 488 g/mol. The molecule has 0 saturated heterocycles. The van der Waals surface area contributed by atoms with E-state index in [2.05, 4.69) is 37.2 Å². The number of fused-ring (bicyclic) bond motifs is 2. The van der Waals surface area contributed by atoms with Crippen molar-refractivity contribution < 1.29 is 14.4 Å². The molecule has 0 radical (unpaired) electrons. The molecule has 0 unspecified atom stereocenters. The topological polar surface area (TPSA) is 89.3 Å². The number of anilines is 2. The lowest BCUT2D eigenvalue weighted by atomic mass is 9.82. The summed E-state index contributed by atoms with van der Waals surface area (Å²) in [6, 6.07) is 14.9. The van der Waals surface area contributed by atoms with Gasteiger partial charge in [0.1, 0.15) is 0 Å². The van der Waals surface area contributed by atoms with Crippen LogP contribution in [0.25, 0.3) is 0 Å². The standard InChI is InChI=1S/C21H12Br2N2O3/c22-13-8-11-12(9-14(13)23)20(27)18-16(7-6-15(24)17(18)19(11)26)25-21(28)10-4-2-1-3-5-10/h1-9H,24H2,(H,25,28). The van der Waals surface area contributed by atoms with Crippen LogP contribution in [0.15, 0.2) is 63.5 Å². The highest BCUT2D eigenvalue weighted by Gasteiger charge is 2.34. The van der Waals surface area contributed by atoms with Gasteiger partial charge in [0.25, 0.3) is 5.91 Å². The van der Waals surface area contributed by atoms with Gasteiger partial charge in [-0.25, -0.2) is 0 Å². The van der Waals surface area contributed by atoms with Crippen LogP contribution in [-0.2, 0) is 0 Å². The largest absolute Gasteiger partial charge is 0.398 e. The summed E-state index contributed by atoms with van der Waals surface area (Å²) < 4.78 is 1.30. The van der Waals surface area contributed by atoms with Crippen LogP contribution in [0, 0.1) is 0 Å². The van der Waals surface area contributed by atoms with E-state index in [0.717, 1.165) is 0 Å². The first-order valence-electron chi connectivity index (χ1n) is 8.26. The van der Waals surface area contributed by atoms with Gasteiger partial charge in [-0.1, -0.05) is 18.2 Å². The molecule has 3 aromatic carbocycles. The van der Waals surface area contributed by atoms with Gasteiger partial charge in [-0.3, -0.25) is 14.4 Å². The van der Waals surface area contributed by atoms with Crippen molar-refractivity contribution in [3.8, 4) is 0 Å². The second kappa shape index (κ2) is 7.00. The lowest BCUT2D eigenvalue weighted by Crippen LogP contribution is -2.25. The average molecular weight is 500 g/mol. The third kappa shape index (κ3) is 2.96. The summed E-state index contributed by atoms with van der Waals surface area (Å²) in [5.74, 6) is -1.10. The highest BCUT2D eigenvalue weighted by molar-refractivity contribution is 9.13. The first-order valence-corrected chi connectivity index (χ1v) is 9.84. The maximum atomic E-state index is 13.2. The maximum Gasteiger partial charge on any atom is 0.255 e. The van der Waals surface area contributed by atoms with E-state index in [1.165, 1.54) is 6.07 Å². The van der Waals surface area contributed by atoms with Crippen molar-refractivity contribution in [1.29, 1.82) is 0 Å². The van der Waals surface area contributed by atoms with Crippen LogP contribution < -0.4 is 11.1 Å². The molecule has 0 spiro atoms. The number of nitrogens with two attached hydrogens (primary N) is 1. The fraction of sp³-hybridized carbons (Fsp3) is 0. The Kier molecular flexibility index (Phi) is 4.64. The summed E-state index contributed by atoms with van der Waals surface area (Å²) in [6.45, 7) is 0. The third-order valence-corrected chi connectivity index (χ3v) is 6.37. The highest BCUT2D eigenvalue weighted by Crippen LogP contribution is 2.38. The van der Waals surface area contributed by atoms with Crippen molar-refractivity contribution in [2.75, 3.05) is 11.1 Å². The van der Waals surface area contributed by atoms with Crippen LogP contribution in [0.4, 0.5) is 11.4 Å². The smallest absolute Gasteiger partial charge is 0.255 e. The molecule has 0 bridgehead atoms. The van der Waals surface area contributed by atoms with Crippen molar-refractivity contribution in [3.05, 3.63) is 91.4 Å². The molecule has 0 heterocycles. The van der Waals surface area contributed by atoms with Gasteiger partial charge in [-0.2, -0.15) is 0 Å². The van der Waals surface area contributed by atoms with Gasteiger partial charge in [-0.15, -0.1) is 0 Å². The number of carbonyl (C=O) groups is 3. The number of benzene rings is 3. The Labute approximate surface area is 177 Å². The number of ketones is 2. The normalized spacial score (nSPS) is 12.4. The monoisotopic (exact) mass is 498 g/mol. The van der Waals surface area contributed by atoms with E-state index in [1.807, 2.05) is 0 Å². The molecule has 7 heteroatoms. The molecule has 0 aromatic heterocycles. The minimum absolute atomic E-state index is 0.107. The molecule has 0 saturated carbocycles. The molecular formula is C21H12Br2N2O3. The zero-order valence-electron chi connectivity index (χ0n) is 14.3. The van der Waals surface area contributed by atoms with Crippen molar-refractivity contribution >= 4 is 60.7 Å². The van der Waals surface area contributed by atoms with E-state index in [0.29, 0.717) is 14.5 Å². The third-order valence-electron chi connectivity index (χ3n) is 4.53. The molecule has 0 fully saturated rings. The number of hydrogen-bond donors (Lipinski definition) is 2. The number of halogens is 2. The Morgan fingerprint density at radius 3 is 2.00 bits per heavy atom. The summed E-state index contributed by atoms with van der Waals surface area (Å²) in [5.41, 5.74) is 7.65. The molecule has 0 atom stereocenters. The van der Waals surface area contributed by atoms with E-state index in [9.17, 15) is 14.4 Å². The summed E-state index contributed by atoms with van der Waals surface area (Å²) in [7, 11) is 0. The first kappa shape index (κ1) is 18.6. The number of hydrogen-bond acceptors (Lipinski definition) is 4. The molecule has 28 heavy (non-hydrogen) atoms. The summed E-state index contributed by atoms with van der Waals surface area (Å²) >= 11 is 6.72. The van der Waals surface area contributed by atoms with Crippen LogP contribution in [0.2, 0.25) is 0 Å². The van der Waals surface area contributed by atoms with Crippen molar-refractivity contribution in [2.45, 2.75) is 0 Å². The summed E-state index contributed by atoms with van der Waals surface area (Å²) in [4.78, 5) is 38.8. The van der Waals surface area contributed by atoms with Gasteiger partial charge in [0.05, 0.1) is 16.8 Å². The fourth-order valence-corrected chi connectivity index (χ4v) is 3.87. The van der Waals surface area contributed by atoms with Crippen LogP contribution in [0.1, 0.15) is 42.2 Å². The number of rotatable bonds is 2. The highest BCUT2D eigenvalue weighted by atomic mass is 79.9. The van der Waals surface area contributed by atoms with Crippen LogP contribution in [-0.4, -0.2) is 17.5 Å². The van der Waals surface area contributed by atoms with Crippen LogP contribution in [0.3, 0.4) is 0 Å². The Bertz CT molecular complexity index is 1170. The minimum atomic E-state index is -0.379. The van der Waals surface area contributed by atoms with Crippen molar-refractivity contribution in [2.24, 2.45) is 0 Å². The van der Waals surface area contributed by atoms with E-state index in [-0.39, 0.29) is 51.1 Å². The second-order valence-corrected chi connectivity index (χ2v) is 7.95. The lowest BCUT2D eigenvalue weighted by Gasteiger charge is -2.22. The van der Waals surface area contributed by atoms with Crippen molar-refractivity contribution in [3.63, 3.8) is 0 Å². The predicted octanol–water partition coefficient (Wildman–Crippen LogP) is 4.82. The quantitative estimate of drug-likeness (QED) is 0.387. The molecule has 1 amide bonds. The molecule has 3 N–H and O–H groups in total. The Morgan fingerprint density at radius 1 is 0.821 bits per heavy atom. The van der Waals surface area contributed by atoms with E-state index >= 15 is 0 Å². The second-order valence-electron chi connectivity index (χ2n) is 6.24. The minimum Gasteiger partial charge on any atom is -0.398 e. The summed E-state index contributed by atoms with van der Waals surface area (Å²) in [5, 5.41) is 2.73. The lowest BCUT2D eigenvalue weighted by molar-refractivity contribution is 0.0979. The molecule has 5 nitrogen and oxygen atoms in total. The van der Waals surface area contributed by atoms with Gasteiger partial charge in [0, 0.05) is 31.3 Å². The first-order chi connectivity index (χ1) is 13.4. The van der Waals surface area contributed by atoms with Gasteiger partial charge in [0.2, 0.25) is 0 Å². The Hall–Kier alpha value is -2.77. The van der Waals surface area contributed by atoms with E-state index in [1.54, 1.807) is 48.5 Å². The van der Waals surface area contributed by atoms with Gasteiger partial charge in [0.15, 0.2) is 11.6 Å². The number of amides is 1. The van der Waals surface area contributed by atoms with E-state index < -0.39 is 0 Å². The zero-order valence-corrected chi connectivity index (χ0v) is 17.4. The van der Waals surface area contributed by atoms with Gasteiger partial charge in [-0.05, 0) is 68.3 Å². The Balaban J connectivity index is 1.86. The number of nitrogen functional groups attached to an aromatic ring is 1. The van der Waals surface area contributed by atoms with E-state index in [4.69, 9.17) is 5.73 Å². The zero-order chi connectivity index (χ0) is 20.0. The maximum absolute atomic E-state index is 13.2. The SMILES string of the molecule is Nc1ccc(NC(=O)c2ccccc2)c2c1C(=O)c1cc(Br)c(Br)cc1C2=O. The van der Waals surface area contributed by atoms with Gasteiger partial charge >= 0.3 is 0 Å². The predicted molar refractivity (Wildman–Crippen MR) is 114 cm³/mol.